The van der Waals surface area contributed by atoms with Gasteiger partial charge in [0.2, 0.25) is 5.09 Å². The minimum absolute atomic E-state index is 0.200. The Morgan fingerprint density at radius 3 is 2.53 bits per heavy atom. The molecule has 0 unspecified atom stereocenters. The second kappa shape index (κ2) is 5.87. The Labute approximate surface area is 116 Å². The van der Waals surface area contributed by atoms with Crippen molar-refractivity contribution in [1.29, 1.82) is 0 Å². The summed E-state index contributed by atoms with van der Waals surface area (Å²) in [6, 6.07) is 7.19. The van der Waals surface area contributed by atoms with Gasteiger partial charge in [-0.25, -0.2) is 13.6 Å². The molecule has 0 atom stereocenters. The van der Waals surface area contributed by atoms with E-state index in [0.717, 1.165) is 13.0 Å². The number of thiophene rings is 1. The third-order valence-electron chi connectivity index (χ3n) is 2.58. The number of nitrogens with two attached hydrogens (primary N) is 1. The van der Waals surface area contributed by atoms with Crippen molar-refractivity contribution in [1.82, 2.24) is 5.32 Å². The molecule has 7 heteroatoms. The molecule has 0 saturated heterocycles. The number of nitrogens with one attached hydrogen (secondary N) is 1. The fraction of sp³-hybridized carbons (Fsp3) is 0.333. The molecule has 2 aromatic heterocycles. The predicted molar refractivity (Wildman–Crippen MR) is 74.3 cm³/mol. The van der Waals surface area contributed by atoms with Crippen molar-refractivity contribution in [3.8, 4) is 0 Å². The first kappa shape index (κ1) is 14.3. The summed E-state index contributed by atoms with van der Waals surface area (Å²) in [5.41, 5.74) is 0. The van der Waals surface area contributed by atoms with Gasteiger partial charge < -0.3 is 9.73 Å². The third-order valence-corrected chi connectivity index (χ3v) is 4.59. The van der Waals surface area contributed by atoms with Gasteiger partial charge in [-0.3, -0.25) is 0 Å². The van der Waals surface area contributed by atoms with E-state index in [2.05, 4.69) is 24.4 Å². The summed E-state index contributed by atoms with van der Waals surface area (Å²) in [5.74, 6) is 0.552. The Morgan fingerprint density at radius 2 is 1.95 bits per heavy atom. The van der Waals surface area contributed by atoms with E-state index < -0.39 is 10.0 Å². The van der Waals surface area contributed by atoms with Gasteiger partial charge in [0.05, 0.1) is 6.54 Å². The largest absolute Gasteiger partial charge is 0.447 e. The van der Waals surface area contributed by atoms with E-state index in [1.165, 1.54) is 15.8 Å². The second-order valence-corrected chi connectivity index (χ2v) is 6.84. The lowest BCUT2D eigenvalue weighted by atomic mass is 10.3. The molecular formula is C12H16N2O3S2. The number of furan rings is 1. The number of hydrogen-bond donors (Lipinski definition) is 2. The Kier molecular flexibility index (Phi) is 4.41. The van der Waals surface area contributed by atoms with Crippen LogP contribution in [-0.4, -0.2) is 8.42 Å². The van der Waals surface area contributed by atoms with E-state index in [1.807, 2.05) is 0 Å². The van der Waals surface area contributed by atoms with Gasteiger partial charge in [-0.15, -0.1) is 11.3 Å². The van der Waals surface area contributed by atoms with Crippen LogP contribution < -0.4 is 10.5 Å². The number of primary sulfonamides is 1. The molecule has 0 aliphatic rings. The molecule has 2 rings (SSSR count). The highest BCUT2D eigenvalue weighted by Gasteiger charge is 2.12. The molecule has 2 heterocycles. The molecular weight excluding hydrogens is 284 g/mol. The SMILES string of the molecule is CCc1ccc(CNCc2ccc(S(N)(=O)=O)o2)s1. The molecule has 19 heavy (non-hydrogen) atoms. The van der Waals surface area contributed by atoms with Crippen molar-refractivity contribution in [3.63, 3.8) is 0 Å². The average Bonchev–Trinajstić information content (AvgIpc) is 2.96. The molecule has 0 radical (unpaired) electrons. The summed E-state index contributed by atoms with van der Waals surface area (Å²) < 4.78 is 27.2. The van der Waals surface area contributed by atoms with E-state index in [9.17, 15) is 8.42 Å². The quantitative estimate of drug-likeness (QED) is 0.852. The standard InChI is InChI=1S/C12H16N2O3S2/c1-2-10-4-5-11(18-10)8-14-7-9-3-6-12(17-9)19(13,15)16/h3-6,14H,2,7-8H2,1H3,(H2,13,15,16). The highest BCUT2D eigenvalue weighted by molar-refractivity contribution is 7.89. The molecule has 5 nitrogen and oxygen atoms in total. The first-order valence-electron chi connectivity index (χ1n) is 5.89. The zero-order valence-electron chi connectivity index (χ0n) is 10.5. The van der Waals surface area contributed by atoms with Crippen molar-refractivity contribution < 1.29 is 12.8 Å². The normalized spacial score (nSPS) is 11.9. The monoisotopic (exact) mass is 300 g/mol. The third kappa shape index (κ3) is 3.90. The highest BCUT2D eigenvalue weighted by atomic mass is 32.2. The predicted octanol–water partition coefficient (Wildman–Crippen LogP) is 1.84. The Hall–Kier alpha value is -1.15. The summed E-state index contributed by atoms with van der Waals surface area (Å²) in [7, 11) is -3.75. The zero-order valence-corrected chi connectivity index (χ0v) is 12.2. The maximum Gasteiger partial charge on any atom is 0.271 e. The maximum absolute atomic E-state index is 11.0. The van der Waals surface area contributed by atoms with E-state index in [0.29, 0.717) is 12.3 Å². The van der Waals surface area contributed by atoms with Crippen LogP contribution in [0.1, 0.15) is 22.4 Å². The van der Waals surface area contributed by atoms with Crippen LogP contribution in [0.4, 0.5) is 0 Å². The van der Waals surface area contributed by atoms with Crippen LogP contribution in [0.2, 0.25) is 0 Å². The van der Waals surface area contributed by atoms with Crippen molar-refractivity contribution in [3.05, 3.63) is 39.8 Å². The van der Waals surface area contributed by atoms with E-state index >= 15 is 0 Å². The average molecular weight is 300 g/mol. The topological polar surface area (TPSA) is 85.3 Å². The summed E-state index contributed by atoms with van der Waals surface area (Å²) in [6.07, 6.45) is 1.04. The van der Waals surface area contributed by atoms with Crippen LogP contribution in [0.15, 0.2) is 33.8 Å². The lowest BCUT2D eigenvalue weighted by Gasteiger charge is -2.00. The molecule has 0 aliphatic carbocycles. The van der Waals surface area contributed by atoms with E-state index in [4.69, 9.17) is 9.56 Å². The van der Waals surface area contributed by atoms with E-state index in [-0.39, 0.29) is 5.09 Å². The Bertz CT molecular complexity index is 643. The van der Waals surface area contributed by atoms with Gasteiger partial charge in [0.25, 0.3) is 10.0 Å². The molecule has 104 valence electrons. The lowest BCUT2D eigenvalue weighted by Crippen LogP contribution is -2.12. The van der Waals surface area contributed by atoms with Gasteiger partial charge in [0.1, 0.15) is 5.76 Å². The highest BCUT2D eigenvalue weighted by Crippen LogP contribution is 2.17. The summed E-state index contributed by atoms with van der Waals surface area (Å²) in [6.45, 7) is 3.33. The number of sulfonamides is 1. The minimum atomic E-state index is -3.75. The van der Waals surface area contributed by atoms with Crippen LogP contribution in [0.25, 0.3) is 0 Å². The Balaban J connectivity index is 1.87. The van der Waals surface area contributed by atoms with Gasteiger partial charge in [-0.1, -0.05) is 6.92 Å². The van der Waals surface area contributed by atoms with Gasteiger partial charge in [-0.2, -0.15) is 0 Å². The lowest BCUT2D eigenvalue weighted by molar-refractivity contribution is 0.402. The fourth-order valence-electron chi connectivity index (χ4n) is 1.62. The summed E-state index contributed by atoms with van der Waals surface area (Å²) in [5, 5.41) is 7.97. The molecule has 0 bridgehead atoms. The maximum atomic E-state index is 11.0. The molecule has 0 spiro atoms. The van der Waals surface area contributed by atoms with Gasteiger partial charge in [0.15, 0.2) is 0 Å². The molecule has 0 saturated carbocycles. The summed E-state index contributed by atoms with van der Waals surface area (Å²) >= 11 is 1.77. The number of hydrogen-bond acceptors (Lipinski definition) is 5. The minimum Gasteiger partial charge on any atom is -0.447 e. The van der Waals surface area contributed by atoms with Crippen LogP contribution in [0, 0.1) is 0 Å². The van der Waals surface area contributed by atoms with Crippen molar-refractivity contribution in [2.24, 2.45) is 5.14 Å². The first-order chi connectivity index (χ1) is 8.99. The fourth-order valence-corrected chi connectivity index (χ4v) is 3.03. The van der Waals surface area contributed by atoms with Crippen LogP contribution in [-0.2, 0) is 29.5 Å². The summed E-state index contributed by atoms with van der Waals surface area (Å²) in [4.78, 5) is 2.60. The van der Waals surface area contributed by atoms with Crippen LogP contribution in [0.3, 0.4) is 0 Å². The second-order valence-electron chi connectivity index (χ2n) is 4.09. The van der Waals surface area contributed by atoms with Crippen molar-refractivity contribution in [2.75, 3.05) is 0 Å². The van der Waals surface area contributed by atoms with Crippen molar-refractivity contribution >= 4 is 21.4 Å². The van der Waals surface area contributed by atoms with Crippen LogP contribution >= 0.6 is 11.3 Å². The molecule has 2 aromatic rings. The van der Waals surface area contributed by atoms with Crippen LogP contribution in [0.5, 0.6) is 0 Å². The number of aryl methyl sites for hydroxylation is 1. The first-order valence-corrected chi connectivity index (χ1v) is 8.25. The van der Waals surface area contributed by atoms with Crippen molar-refractivity contribution in [2.45, 2.75) is 31.5 Å². The zero-order chi connectivity index (χ0) is 13.9. The smallest absolute Gasteiger partial charge is 0.271 e. The molecule has 0 aliphatic heterocycles. The molecule has 0 aromatic carbocycles. The molecule has 0 amide bonds. The Morgan fingerprint density at radius 1 is 1.21 bits per heavy atom. The van der Waals surface area contributed by atoms with Gasteiger partial charge in [0, 0.05) is 16.3 Å². The molecule has 0 fully saturated rings. The van der Waals surface area contributed by atoms with Gasteiger partial charge >= 0.3 is 0 Å². The molecule has 3 N–H and O–H groups in total. The number of rotatable bonds is 6. The van der Waals surface area contributed by atoms with E-state index in [1.54, 1.807) is 17.4 Å². The van der Waals surface area contributed by atoms with Gasteiger partial charge in [-0.05, 0) is 30.7 Å².